The van der Waals surface area contributed by atoms with Gasteiger partial charge in [0.1, 0.15) is 5.75 Å². The van der Waals surface area contributed by atoms with E-state index in [1.54, 1.807) is 99.8 Å². The first-order chi connectivity index (χ1) is 28.0. The zero-order valence-electron chi connectivity index (χ0n) is 33.1. The number of halogens is 3. The summed E-state index contributed by atoms with van der Waals surface area (Å²) in [6, 6.07) is 32.1. The molecule has 1 aromatic heterocycles. The molecule has 1 heterocycles. The number of aromatic nitrogens is 1. The lowest BCUT2D eigenvalue weighted by atomic mass is 9.97. The van der Waals surface area contributed by atoms with Crippen molar-refractivity contribution in [2.75, 3.05) is 12.4 Å². The highest BCUT2D eigenvalue weighted by Gasteiger charge is 2.22. The molecular weight excluding hydrogens is 815 g/mol. The van der Waals surface area contributed by atoms with E-state index in [-0.39, 0.29) is 18.7 Å². The highest BCUT2D eigenvalue weighted by atomic mass is 35.5. The van der Waals surface area contributed by atoms with Gasteiger partial charge in [-0.3, -0.25) is 23.7 Å². The van der Waals surface area contributed by atoms with Crippen LogP contribution >= 0.6 is 34.8 Å². The van der Waals surface area contributed by atoms with Crippen molar-refractivity contribution in [2.45, 2.75) is 52.9 Å². The summed E-state index contributed by atoms with van der Waals surface area (Å²) in [4.78, 5) is 45.8. The van der Waals surface area contributed by atoms with Crippen LogP contribution in [0.3, 0.4) is 0 Å². The minimum absolute atomic E-state index is 0.0642. The maximum absolute atomic E-state index is 13.0. The number of methoxy groups -OCH3 is 1. The van der Waals surface area contributed by atoms with Gasteiger partial charge in [0, 0.05) is 27.4 Å². The number of ether oxygens (including phenoxy) is 1. The Hall–Kier alpha value is -5.81. The number of nitrogens with one attached hydrogen (secondary N) is 1. The lowest BCUT2D eigenvalue weighted by Crippen LogP contribution is -2.14. The molecule has 0 aliphatic carbocycles. The van der Waals surface area contributed by atoms with Gasteiger partial charge in [-0.1, -0.05) is 97.2 Å². The minimum Gasteiger partial charge on any atom is -0.497 e. The normalized spacial score (nSPS) is 11.1. The van der Waals surface area contributed by atoms with E-state index < -0.39 is 23.8 Å². The number of carboxylic acids is 3. The number of hydrogen-bond acceptors (Lipinski definition) is 6. The zero-order chi connectivity index (χ0) is 43.4. The van der Waals surface area contributed by atoms with E-state index in [4.69, 9.17) is 49.8 Å². The number of anilines is 2. The van der Waals surface area contributed by atoms with Gasteiger partial charge >= 0.3 is 17.9 Å². The molecule has 4 N–H and O–H groups in total. The van der Waals surface area contributed by atoms with Gasteiger partial charge in [0.15, 0.2) is 0 Å². The number of carbonyl (C=O) groups excluding carboxylic acids is 1. The number of rotatable bonds is 12. The van der Waals surface area contributed by atoms with Crippen LogP contribution in [0, 0.1) is 12.8 Å². The van der Waals surface area contributed by atoms with Crippen LogP contribution in [-0.4, -0.2) is 50.8 Å². The van der Waals surface area contributed by atoms with Crippen LogP contribution in [0.2, 0.25) is 15.1 Å². The van der Waals surface area contributed by atoms with E-state index in [9.17, 15) is 24.3 Å². The summed E-state index contributed by atoms with van der Waals surface area (Å²) in [5.41, 5.74) is 6.39. The van der Waals surface area contributed by atoms with Gasteiger partial charge in [-0.25, -0.2) is 0 Å². The van der Waals surface area contributed by atoms with Gasteiger partial charge in [0.2, 0.25) is 0 Å². The first kappa shape index (κ1) is 45.9. The quantitative estimate of drug-likeness (QED) is 0.0941. The van der Waals surface area contributed by atoms with Crippen LogP contribution in [0.15, 0.2) is 109 Å². The van der Waals surface area contributed by atoms with Gasteiger partial charge in [-0.2, -0.15) is 0 Å². The Bertz CT molecular complexity index is 2410. The van der Waals surface area contributed by atoms with Crippen molar-refractivity contribution in [3.05, 3.63) is 158 Å². The smallest absolute Gasteiger partial charge is 0.310 e. The number of carboxylic acid groups (broad SMARTS) is 3. The number of carbonyl (C=O) groups is 4. The Morgan fingerprint density at radius 3 is 1.92 bits per heavy atom. The molecule has 0 saturated carbocycles. The van der Waals surface area contributed by atoms with Crippen LogP contribution < -0.4 is 10.1 Å². The number of benzene rings is 5. The third-order valence-corrected chi connectivity index (χ3v) is 10.1. The molecular formula is C46H45Cl3N2O8. The minimum atomic E-state index is -0.955. The van der Waals surface area contributed by atoms with E-state index in [0.717, 1.165) is 12.0 Å². The molecule has 0 saturated heterocycles. The molecule has 6 rings (SSSR count). The Kier molecular flexibility index (Phi) is 16.5. The summed E-state index contributed by atoms with van der Waals surface area (Å²) in [7, 11) is 1.54. The first-order valence-electron chi connectivity index (χ1n) is 18.5. The highest BCUT2D eigenvalue weighted by molar-refractivity contribution is 6.39. The summed E-state index contributed by atoms with van der Waals surface area (Å²) in [6.45, 7) is 7.81. The van der Waals surface area contributed by atoms with Crippen molar-refractivity contribution >= 4 is 80.9 Å². The van der Waals surface area contributed by atoms with Crippen molar-refractivity contribution in [3.8, 4) is 5.75 Å². The Balaban J connectivity index is 0.000000203. The van der Waals surface area contributed by atoms with Crippen molar-refractivity contribution in [1.29, 1.82) is 0 Å². The molecule has 13 heteroatoms. The molecule has 5 aromatic carbocycles. The number of nitrogens with zero attached hydrogens (tertiary/aromatic N) is 1. The van der Waals surface area contributed by atoms with Crippen molar-refractivity contribution in [3.63, 3.8) is 0 Å². The van der Waals surface area contributed by atoms with Crippen molar-refractivity contribution in [1.82, 2.24) is 4.57 Å². The lowest BCUT2D eigenvalue weighted by Gasteiger charge is -2.13. The maximum atomic E-state index is 13.0. The first-order valence-corrected chi connectivity index (χ1v) is 19.7. The summed E-state index contributed by atoms with van der Waals surface area (Å²) in [5, 5.41) is 32.3. The van der Waals surface area contributed by atoms with Crippen LogP contribution in [0.1, 0.15) is 65.0 Å². The standard InChI is InChI=1S/C19H16ClNO4.C14H11Cl2NO2.C13H18O2/c1-11-15(10-18(22)23)16-9-14(25-2)7-8-17(16)21(11)19(24)12-3-5-13(20)6-4-12;15-10-5-3-6-11(16)14(10)17-12-7-2-1-4-9(12)8-13(18)19;1-9(2)8-11-4-6-12(7-5-11)10(3)13(14)15/h3-9H,10H2,1-2H3,(H,22,23);1-7,17H,8H2,(H,18,19);4-7,9-10H,8H2,1-3H3,(H,14,15). The summed E-state index contributed by atoms with van der Waals surface area (Å²) in [5.74, 6) is -2.03. The molecule has 1 unspecified atom stereocenters. The summed E-state index contributed by atoms with van der Waals surface area (Å²) >= 11 is 18.0. The van der Waals surface area contributed by atoms with Gasteiger partial charge < -0.3 is 25.4 Å². The second kappa shape index (κ2) is 21.3. The van der Waals surface area contributed by atoms with Gasteiger partial charge in [-0.05, 0) is 109 Å². The zero-order valence-corrected chi connectivity index (χ0v) is 35.4. The van der Waals surface area contributed by atoms with E-state index in [1.165, 1.54) is 10.1 Å². The monoisotopic (exact) mass is 858 g/mol. The van der Waals surface area contributed by atoms with E-state index in [2.05, 4.69) is 19.2 Å². The highest BCUT2D eigenvalue weighted by Crippen LogP contribution is 2.34. The lowest BCUT2D eigenvalue weighted by molar-refractivity contribution is -0.138. The predicted octanol–water partition coefficient (Wildman–Crippen LogP) is 11.4. The van der Waals surface area contributed by atoms with Gasteiger partial charge in [-0.15, -0.1) is 0 Å². The molecule has 6 aromatic rings. The third kappa shape index (κ3) is 12.6. The number of para-hydroxylation sites is 2. The Labute approximate surface area is 357 Å². The maximum Gasteiger partial charge on any atom is 0.310 e. The molecule has 0 fully saturated rings. The van der Waals surface area contributed by atoms with Crippen molar-refractivity contribution < 1.29 is 39.2 Å². The number of aliphatic carboxylic acids is 3. The predicted molar refractivity (Wildman–Crippen MR) is 234 cm³/mol. The molecule has 0 spiro atoms. The average molecular weight is 860 g/mol. The third-order valence-electron chi connectivity index (χ3n) is 9.24. The summed E-state index contributed by atoms with van der Waals surface area (Å²) < 4.78 is 6.77. The summed E-state index contributed by atoms with van der Waals surface area (Å²) in [6.07, 6.45) is 0.809. The van der Waals surface area contributed by atoms with E-state index >= 15 is 0 Å². The molecule has 0 amide bonds. The topological polar surface area (TPSA) is 155 Å². The Morgan fingerprint density at radius 2 is 1.36 bits per heavy atom. The molecule has 1 atom stereocenters. The van der Waals surface area contributed by atoms with Crippen LogP contribution in [-0.2, 0) is 33.6 Å². The average Bonchev–Trinajstić information content (AvgIpc) is 3.46. The molecule has 0 radical (unpaired) electrons. The van der Waals surface area contributed by atoms with Gasteiger partial charge in [0.05, 0.1) is 47.1 Å². The molecule has 59 heavy (non-hydrogen) atoms. The second-order valence-electron chi connectivity index (χ2n) is 14.0. The number of hydrogen-bond donors (Lipinski definition) is 4. The van der Waals surface area contributed by atoms with Crippen LogP contribution in [0.4, 0.5) is 11.4 Å². The SMILES string of the molecule is CC(C)Cc1ccc(C(C)C(=O)O)cc1.COc1ccc2c(c1)c(CC(=O)O)c(C)n2C(=O)c1ccc(Cl)cc1.O=C(O)Cc1ccccc1Nc1c(Cl)cccc1Cl. The van der Waals surface area contributed by atoms with Gasteiger partial charge in [0.25, 0.3) is 5.91 Å². The van der Waals surface area contributed by atoms with Crippen LogP contribution in [0.5, 0.6) is 5.75 Å². The molecule has 308 valence electrons. The number of fused-ring (bicyclic) bond motifs is 1. The molecule has 0 aliphatic rings. The van der Waals surface area contributed by atoms with Crippen LogP contribution in [0.25, 0.3) is 10.9 Å². The molecule has 0 aliphatic heterocycles. The molecule has 0 bridgehead atoms. The van der Waals surface area contributed by atoms with E-state index in [1.807, 2.05) is 30.3 Å². The fourth-order valence-electron chi connectivity index (χ4n) is 6.21. The fraction of sp³-hybridized carbons (Fsp3) is 0.217. The molecule has 10 nitrogen and oxygen atoms in total. The second-order valence-corrected chi connectivity index (χ2v) is 15.3. The van der Waals surface area contributed by atoms with E-state index in [0.29, 0.717) is 71.4 Å². The fourth-order valence-corrected chi connectivity index (χ4v) is 6.83. The largest absolute Gasteiger partial charge is 0.497 e. The van der Waals surface area contributed by atoms with Crippen molar-refractivity contribution in [2.24, 2.45) is 5.92 Å². The Morgan fingerprint density at radius 1 is 0.746 bits per heavy atom.